The van der Waals surface area contributed by atoms with E-state index in [-0.39, 0.29) is 5.91 Å². The zero-order valence-corrected chi connectivity index (χ0v) is 13.3. The molecule has 3 rings (SSSR count). The zero-order chi connectivity index (χ0) is 15.2. The summed E-state index contributed by atoms with van der Waals surface area (Å²) in [6, 6.07) is 18.1. The van der Waals surface area contributed by atoms with Crippen molar-refractivity contribution in [3.63, 3.8) is 0 Å². The van der Waals surface area contributed by atoms with Gasteiger partial charge in [-0.3, -0.25) is 4.79 Å². The van der Waals surface area contributed by atoms with Crippen LogP contribution < -0.4 is 10.2 Å². The number of hydrogen-bond acceptors (Lipinski definition) is 3. The number of carbonyl (C=O) groups excluding carboxylic acids is 1. The van der Waals surface area contributed by atoms with Gasteiger partial charge in [0.15, 0.2) is 0 Å². The van der Waals surface area contributed by atoms with Crippen LogP contribution in [0.25, 0.3) is 0 Å². The molecule has 1 aliphatic heterocycles. The van der Waals surface area contributed by atoms with E-state index in [0.29, 0.717) is 5.75 Å². The Morgan fingerprint density at radius 1 is 1.05 bits per heavy atom. The molecule has 1 N–H and O–H groups in total. The van der Waals surface area contributed by atoms with Gasteiger partial charge in [0.25, 0.3) is 0 Å². The fourth-order valence-electron chi connectivity index (χ4n) is 2.62. The van der Waals surface area contributed by atoms with Crippen LogP contribution in [-0.2, 0) is 4.79 Å². The van der Waals surface area contributed by atoms with E-state index in [1.807, 2.05) is 42.5 Å². The first kappa shape index (κ1) is 15.0. The molecular weight excluding hydrogens is 292 g/mol. The molecule has 0 radical (unpaired) electrons. The summed E-state index contributed by atoms with van der Waals surface area (Å²) in [7, 11) is 0. The molecule has 0 bridgehead atoms. The van der Waals surface area contributed by atoms with E-state index in [1.54, 1.807) is 11.8 Å². The highest BCUT2D eigenvalue weighted by Crippen LogP contribution is 2.24. The van der Waals surface area contributed by atoms with Crippen LogP contribution in [0.4, 0.5) is 11.4 Å². The third-order valence-corrected chi connectivity index (χ3v) is 4.73. The molecule has 1 amide bonds. The molecule has 1 saturated heterocycles. The van der Waals surface area contributed by atoms with Crippen LogP contribution in [0, 0.1) is 0 Å². The van der Waals surface area contributed by atoms with Crippen LogP contribution >= 0.6 is 11.8 Å². The van der Waals surface area contributed by atoms with Gasteiger partial charge in [-0.1, -0.05) is 24.3 Å². The number of amides is 1. The summed E-state index contributed by atoms with van der Waals surface area (Å²) < 4.78 is 0. The minimum absolute atomic E-state index is 0.0347. The lowest BCUT2D eigenvalue weighted by Gasteiger charge is -2.18. The number of carbonyl (C=O) groups is 1. The van der Waals surface area contributed by atoms with Crippen molar-refractivity contribution >= 4 is 29.0 Å². The number of nitrogens with zero attached hydrogens (tertiary/aromatic N) is 1. The van der Waals surface area contributed by atoms with E-state index in [0.717, 1.165) is 23.7 Å². The third kappa shape index (κ3) is 4.04. The van der Waals surface area contributed by atoms with Crippen LogP contribution in [0.1, 0.15) is 12.8 Å². The normalized spacial score (nSPS) is 14.1. The second-order valence-corrected chi connectivity index (χ2v) is 6.44. The Morgan fingerprint density at radius 3 is 2.59 bits per heavy atom. The standard InChI is InChI=1S/C18H20N2OS/c21-18(14-22-17-9-2-1-3-10-17)19-15-7-6-8-16(13-15)20-11-4-5-12-20/h1-3,6-10,13H,4-5,11-12,14H2,(H,19,21). The van der Waals surface area contributed by atoms with E-state index in [4.69, 9.17) is 0 Å². The number of hydrogen-bond donors (Lipinski definition) is 1. The second-order valence-electron chi connectivity index (χ2n) is 5.39. The molecule has 0 unspecified atom stereocenters. The van der Waals surface area contributed by atoms with Gasteiger partial charge in [0.1, 0.15) is 0 Å². The summed E-state index contributed by atoms with van der Waals surface area (Å²) in [6.07, 6.45) is 2.51. The number of benzene rings is 2. The Kier molecular flexibility index (Phi) is 5.01. The highest BCUT2D eigenvalue weighted by molar-refractivity contribution is 8.00. The van der Waals surface area contributed by atoms with Crippen LogP contribution in [0.3, 0.4) is 0 Å². The minimum atomic E-state index is 0.0347. The minimum Gasteiger partial charge on any atom is -0.371 e. The van der Waals surface area contributed by atoms with Crippen molar-refractivity contribution in [2.24, 2.45) is 0 Å². The number of thioether (sulfide) groups is 1. The van der Waals surface area contributed by atoms with Gasteiger partial charge in [-0.15, -0.1) is 11.8 Å². The van der Waals surface area contributed by atoms with Gasteiger partial charge in [-0.25, -0.2) is 0 Å². The summed E-state index contributed by atoms with van der Waals surface area (Å²) in [4.78, 5) is 15.6. The molecule has 0 spiro atoms. The molecule has 0 aliphatic carbocycles. The van der Waals surface area contributed by atoms with E-state index >= 15 is 0 Å². The summed E-state index contributed by atoms with van der Waals surface area (Å²) in [5.74, 6) is 0.463. The molecule has 0 saturated carbocycles. The smallest absolute Gasteiger partial charge is 0.234 e. The van der Waals surface area contributed by atoms with Crippen LogP contribution in [0.15, 0.2) is 59.5 Å². The summed E-state index contributed by atoms with van der Waals surface area (Å²) >= 11 is 1.55. The number of anilines is 2. The van der Waals surface area contributed by atoms with Crippen LogP contribution in [0.5, 0.6) is 0 Å². The van der Waals surface area contributed by atoms with Crippen molar-refractivity contribution < 1.29 is 4.79 Å². The predicted octanol–water partition coefficient (Wildman–Crippen LogP) is 4.02. The molecule has 1 fully saturated rings. The van der Waals surface area contributed by atoms with Crippen molar-refractivity contribution in [3.05, 3.63) is 54.6 Å². The lowest BCUT2D eigenvalue weighted by Crippen LogP contribution is -2.18. The maximum absolute atomic E-state index is 12.1. The largest absolute Gasteiger partial charge is 0.371 e. The lowest BCUT2D eigenvalue weighted by atomic mass is 10.2. The van der Waals surface area contributed by atoms with Crippen molar-refractivity contribution in [3.8, 4) is 0 Å². The Balaban J connectivity index is 1.56. The molecule has 1 aliphatic rings. The topological polar surface area (TPSA) is 32.3 Å². The second kappa shape index (κ2) is 7.36. The molecule has 0 atom stereocenters. The molecule has 0 aromatic heterocycles. The fourth-order valence-corrected chi connectivity index (χ4v) is 3.34. The van der Waals surface area contributed by atoms with Gasteiger partial charge in [0.05, 0.1) is 5.75 Å². The molecule has 114 valence electrons. The van der Waals surface area contributed by atoms with Gasteiger partial charge in [0.2, 0.25) is 5.91 Å². The first-order valence-electron chi connectivity index (χ1n) is 7.64. The molecule has 3 nitrogen and oxygen atoms in total. The Hall–Kier alpha value is -1.94. The van der Waals surface area contributed by atoms with E-state index in [2.05, 4.69) is 22.3 Å². The number of nitrogens with one attached hydrogen (secondary N) is 1. The first-order chi connectivity index (χ1) is 10.8. The monoisotopic (exact) mass is 312 g/mol. The van der Waals surface area contributed by atoms with Crippen molar-refractivity contribution in [2.45, 2.75) is 17.7 Å². The maximum Gasteiger partial charge on any atom is 0.234 e. The van der Waals surface area contributed by atoms with Gasteiger partial charge in [-0.2, -0.15) is 0 Å². The van der Waals surface area contributed by atoms with E-state index < -0.39 is 0 Å². The van der Waals surface area contributed by atoms with Crippen molar-refractivity contribution in [2.75, 3.05) is 29.1 Å². The maximum atomic E-state index is 12.1. The van der Waals surface area contributed by atoms with Gasteiger partial charge >= 0.3 is 0 Å². The summed E-state index contributed by atoms with van der Waals surface area (Å²) in [5.41, 5.74) is 2.08. The Labute approximate surface area is 135 Å². The SMILES string of the molecule is O=C(CSc1ccccc1)Nc1cccc(N2CCCC2)c1. The van der Waals surface area contributed by atoms with Crippen LogP contribution in [0.2, 0.25) is 0 Å². The van der Waals surface area contributed by atoms with Gasteiger partial charge < -0.3 is 10.2 Å². The summed E-state index contributed by atoms with van der Waals surface area (Å²) in [6.45, 7) is 2.22. The number of rotatable bonds is 5. The van der Waals surface area contributed by atoms with Crippen LogP contribution in [-0.4, -0.2) is 24.7 Å². The van der Waals surface area contributed by atoms with Crippen molar-refractivity contribution in [1.29, 1.82) is 0 Å². The lowest BCUT2D eigenvalue weighted by molar-refractivity contribution is -0.113. The van der Waals surface area contributed by atoms with E-state index in [1.165, 1.54) is 18.5 Å². The molecule has 4 heteroatoms. The van der Waals surface area contributed by atoms with Crippen molar-refractivity contribution in [1.82, 2.24) is 0 Å². The molecule has 22 heavy (non-hydrogen) atoms. The molecule has 1 heterocycles. The predicted molar refractivity (Wildman–Crippen MR) is 93.7 cm³/mol. The Morgan fingerprint density at radius 2 is 1.82 bits per heavy atom. The highest BCUT2D eigenvalue weighted by Gasteiger charge is 2.12. The van der Waals surface area contributed by atoms with E-state index in [9.17, 15) is 4.79 Å². The van der Waals surface area contributed by atoms with Gasteiger partial charge in [-0.05, 0) is 43.2 Å². The summed E-state index contributed by atoms with van der Waals surface area (Å²) in [5, 5.41) is 2.99. The molecule has 2 aromatic rings. The molecule has 2 aromatic carbocycles. The molecular formula is C18H20N2OS. The Bertz CT molecular complexity index is 624. The van der Waals surface area contributed by atoms with Gasteiger partial charge in [0, 0.05) is 29.4 Å². The highest BCUT2D eigenvalue weighted by atomic mass is 32.2. The average molecular weight is 312 g/mol. The zero-order valence-electron chi connectivity index (χ0n) is 12.5. The fraction of sp³-hybridized carbons (Fsp3) is 0.278. The average Bonchev–Trinajstić information content (AvgIpc) is 3.09. The third-order valence-electron chi connectivity index (χ3n) is 3.71. The first-order valence-corrected chi connectivity index (χ1v) is 8.62. The quantitative estimate of drug-likeness (QED) is 0.846.